The molecule has 7 heteroatoms. The predicted molar refractivity (Wildman–Crippen MR) is 97.2 cm³/mol. The van der Waals surface area contributed by atoms with Gasteiger partial charge in [0.25, 0.3) is 5.56 Å². The summed E-state index contributed by atoms with van der Waals surface area (Å²) in [6, 6.07) is 0. The number of nitrogens with one attached hydrogen (secondary N) is 1. The fourth-order valence-electron chi connectivity index (χ4n) is 3.76. The number of ether oxygens (including phenoxy) is 1. The summed E-state index contributed by atoms with van der Waals surface area (Å²) in [5.41, 5.74) is 1.09. The van der Waals surface area contributed by atoms with Crippen LogP contribution in [0.3, 0.4) is 0 Å². The highest BCUT2D eigenvalue weighted by Gasteiger charge is 2.22. The van der Waals surface area contributed by atoms with E-state index in [2.05, 4.69) is 10.3 Å². The Kier molecular flexibility index (Phi) is 4.60. The van der Waals surface area contributed by atoms with Gasteiger partial charge in [-0.3, -0.25) is 14.2 Å². The average molecular weight is 361 g/mol. The fourth-order valence-corrected chi connectivity index (χ4v) is 5.06. The third kappa shape index (κ3) is 3.22. The van der Waals surface area contributed by atoms with Crippen LogP contribution in [0.2, 0.25) is 0 Å². The van der Waals surface area contributed by atoms with Crippen molar-refractivity contribution in [3.63, 3.8) is 0 Å². The van der Waals surface area contributed by atoms with E-state index >= 15 is 0 Å². The molecule has 6 nitrogen and oxygen atoms in total. The van der Waals surface area contributed by atoms with Crippen molar-refractivity contribution < 1.29 is 9.53 Å². The number of nitrogens with zero attached hydrogens (tertiary/aromatic N) is 2. The number of rotatable bonds is 4. The number of aromatic nitrogens is 2. The van der Waals surface area contributed by atoms with E-state index in [0.717, 1.165) is 54.5 Å². The van der Waals surface area contributed by atoms with E-state index in [0.29, 0.717) is 12.4 Å². The van der Waals surface area contributed by atoms with Gasteiger partial charge in [-0.1, -0.05) is 0 Å². The van der Waals surface area contributed by atoms with Crippen LogP contribution in [0.4, 0.5) is 0 Å². The molecule has 1 atom stereocenters. The Hall–Kier alpha value is -1.73. The van der Waals surface area contributed by atoms with Gasteiger partial charge in [0.15, 0.2) is 0 Å². The van der Waals surface area contributed by atoms with Gasteiger partial charge >= 0.3 is 0 Å². The summed E-state index contributed by atoms with van der Waals surface area (Å²) in [7, 11) is 0. The average Bonchev–Trinajstić information content (AvgIpc) is 3.23. The first-order chi connectivity index (χ1) is 12.1. The molecule has 25 heavy (non-hydrogen) atoms. The van der Waals surface area contributed by atoms with Crippen LogP contribution in [0.25, 0.3) is 10.2 Å². The molecular formula is C18H23N3O3S. The molecule has 2 aromatic rings. The van der Waals surface area contributed by atoms with Crippen molar-refractivity contribution in [2.24, 2.45) is 0 Å². The molecule has 0 bridgehead atoms. The first-order valence-electron chi connectivity index (χ1n) is 9.03. The van der Waals surface area contributed by atoms with Gasteiger partial charge in [-0.25, -0.2) is 4.98 Å². The minimum atomic E-state index is -0.161. The Bertz CT molecular complexity index is 865. The molecular weight excluding hydrogens is 338 g/mol. The Labute approximate surface area is 150 Å². The van der Waals surface area contributed by atoms with E-state index in [4.69, 9.17) is 4.74 Å². The third-order valence-corrected chi connectivity index (χ3v) is 6.30. The molecule has 134 valence electrons. The summed E-state index contributed by atoms with van der Waals surface area (Å²) in [5, 5.41) is 3.62. The van der Waals surface area contributed by atoms with Crippen molar-refractivity contribution in [3.8, 4) is 0 Å². The number of carbonyl (C=O) groups excluding carboxylic acids is 1. The topological polar surface area (TPSA) is 73.2 Å². The van der Waals surface area contributed by atoms with E-state index in [9.17, 15) is 9.59 Å². The van der Waals surface area contributed by atoms with E-state index in [1.807, 2.05) is 0 Å². The zero-order chi connectivity index (χ0) is 17.4. The second kappa shape index (κ2) is 6.88. The fraction of sp³-hybridized carbons (Fsp3) is 0.611. The highest BCUT2D eigenvalue weighted by atomic mass is 32.1. The summed E-state index contributed by atoms with van der Waals surface area (Å²) in [5.74, 6) is 0.439. The van der Waals surface area contributed by atoms with Crippen LogP contribution in [0.5, 0.6) is 0 Å². The van der Waals surface area contributed by atoms with Gasteiger partial charge in [0, 0.05) is 18.0 Å². The summed E-state index contributed by atoms with van der Waals surface area (Å²) in [6.45, 7) is 3.09. The maximum absolute atomic E-state index is 13.0. The van der Waals surface area contributed by atoms with Crippen LogP contribution in [0, 0.1) is 6.92 Å². The second-order valence-corrected chi connectivity index (χ2v) is 7.96. The van der Waals surface area contributed by atoms with E-state index in [1.54, 1.807) is 18.3 Å². The number of amides is 1. The first kappa shape index (κ1) is 16.7. The molecule has 1 unspecified atom stereocenters. The highest BCUT2D eigenvalue weighted by Crippen LogP contribution is 2.33. The predicted octanol–water partition coefficient (Wildman–Crippen LogP) is 1.94. The van der Waals surface area contributed by atoms with Gasteiger partial charge in [-0.05, 0) is 51.0 Å². The summed E-state index contributed by atoms with van der Waals surface area (Å²) in [6.07, 6.45) is 6.41. The lowest BCUT2D eigenvalue weighted by molar-refractivity contribution is -0.122. The lowest BCUT2D eigenvalue weighted by atomic mass is 9.97. The largest absolute Gasteiger partial charge is 0.376 e. The number of hydrogen-bond acceptors (Lipinski definition) is 5. The molecule has 3 heterocycles. The Morgan fingerprint density at radius 3 is 3.00 bits per heavy atom. The van der Waals surface area contributed by atoms with Crippen LogP contribution in [0.1, 0.15) is 41.9 Å². The second-order valence-electron chi connectivity index (χ2n) is 6.88. The summed E-state index contributed by atoms with van der Waals surface area (Å²) < 4.78 is 7.02. The maximum atomic E-state index is 13.0. The van der Waals surface area contributed by atoms with Crippen LogP contribution >= 0.6 is 11.3 Å². The molecule has 2 aliphatic rings. The molecule has 0 radical (unpaired) electrons. The number of carbonyl (C=O) groups is 1. The van der Waals surface area contributed by atoms with Crippen molar-refractivity contribution >= 4 is 27.5 Å². The minimum Gasteiger partial charge on any atom is -0.376 e. The van der Waals surface area contributed by atoms with E-state index in [-0.39, 0.29) is 24.1 Å². The standard InChI is InChI=1S/C18H23N3O3S/c1-11-20-17-16(13-6-2-3-7-14(13)25-17)18(23)21(11)10-15(22)19-9-12-5-4-8-24-12/h12H,2-10H2,1H3,(H,19,22). The molecule has 0 aromatic carbocycles. The maximum Gasteiger partial charge on any atom is 0.263 e. The normalized spacial score (nSPS) is 20.0. The summed E-state index contributed by atoms with van der Waals surface area (Å²) >= 11 is 1.64. The molecule has 1 amide bonds. The van der Waals surface area contributed by atoms with Gasteiger partial charge in [0.1, 0.15) is 17.2 Å². The first-order valence-corrected chi connectivity index (χ1v) is 9.85. The number of fused-ring (bicyclic) bond motifs is 3. The van der Waals surface area contributed by atoms with Crippen LogP contribution in [-0.4, -0.2) is 34.7 Å². The van der Waals surface area contributed by atoms with Crippen molar-refractivity contribution in [3.05, 3.63) is 26.6 Å². The van der Waals surface area contributed by atoms with Gasteiger partial charge < -0.3 is 10.1 Å². The SMILES string of the molecule is Cc1nc2sc3c(c2c(=O)n1CC(=O)NCC1CCCO1)CCCC3. The third-order valence-electron chi connectivity index (χ3n) is 5.12. The van der Waals surface area contributed by atoms with Gasteiger partial charge in [0.2, 0.25) is 5.91 Å². The molecule has 0 saturated carbocycles. The lowest BCUT2D eigenvalue weighted by Crippen LogP contribution is -2.37. The molecule has 1 N–H and O–H groups in total. The number of thiophene rings is 1. The Morgan fingerprint density at radius 2 is 2.20 bits per heavy atom. The molecule has 1 aliphatic heterocycles. The molecule has 1 aliphatic carbocycles. The zero-order valence-corrected chi connectivity index (χ0v) is 15.3. The molecule has 0 spiro atoms. The van der Waals surface area contributed by atoms with Gasteiger partial charge in [0.05, 0.1) is 11.5 Å². The number of aryl methyl sites for hydroxylation is 3. The van der Waals surface area contributed by atoms with Crippen molar-refractivity contribution in [2.75, 3.05) is 13.2 Å². The minimum absolute atomic E-state index is 0.0188. The van der Waals surface area contributed by atoms with Crippen LogP contribution in [-0.2, 0) is 28.9 Å². The summed E-state index contributed by atoms with van der Waals surface area (Å²) in [4.78, 5) is 32.0. The quantitative estimate of drug-likeness (QED) is 0.903. The van der Waals surface area contributed by atoms with Crippen molar-refractivity contribution in [2.45, 2.75) is 58.1 Å². The number of hydrogen-bond donors (Lipinski definition) is 1. The smallest absolute Gasteiger partial charge is 0.263 e. The molecule has 2 aromatic heterocycles. The monoisotopic (exact) mass is 361 g/mol. The van der Waals surface area contributed by atoms with Crippen molar-refractivity contribution in [1.82, 2.24) is 14.9 Å². The molecule has 1 fully saturated rings. The van der Waals surface area contributed by atoms with Crippen LogP contribution < -0.4 is 10.9 Å². The van der Waals surface area contributed by atoms with E-state index < -0.39 is 0 Å². The van der Waals surface area contributed by atoms with E-state index in [1.165, 1.54) is 15.9 Å². The van der Waals surface area contributed by atoms with Crippen LogP contribution in [0.15, 0.2) is 4.79 Å². The molecule has 1 saturated heterocycles. The van der Waals surface area contributed by atoms with Gasteiger partial charge in [-0.15, -0.1) is 11.3 Å². The van der Waals surface area contributed by atoms with Crippen molar-refractivity contribution in [1.29, 1.82) is 0 Å². The lowest BCUT2D eigenvalue weighted by Gasteiger charge is -2.13. The Morgan fingerprint density at radius 1 is 1.36 bits per heavy atom. The molecule has 4 rings (SSSR count). The zero-order valence-electron chi connectivity index (χ0n) is 14.5. The van der Waals surface area contributed by atoms with Gasteiger partial charge in [-0.2, -0.15) is 0 Å². The highest BCUT2D eigenvalue weighted by molar-refractivity contribution is 7.18. The Balaban J connectivity index is 1.58.